The summed E-state index contributed by atoms with van der Waals surface area (Å²) in [7, 11) is 0. The van der Waals surface area contributed by atoms with Crippen molar-refractivity contribution in [2.45, 2.75) is 51.0 Å². The predicted molar refractivity (Wildman–Crippen MR) is 108 cm³/mol. The number of nitrogens with two attached hydrogens (primary N) is 1. The molecule has 0 saturated heterocycles. The summed E-state index contributed by atoms with van der Waals surface area (Å²) in [5.74, 6) is 0.423. The molecule has 2 aliphatic rings. The second kappa shape index (κ2) is 6.14. The van der Waals surface area contributed by atoms with Crippen molar-refractivity contribution in [2.75, 3.05) is 6.54 Å². The van der Waals surface area contributed by atoms with Gasteiger partial charge in [0, 0.05) is 22.7 Å². The van der Waals surface area contributed by atoms with E-state index in [1.807, 2.05) is 6.92 Å². The molecule has 3 N–H and O–H groups in total. The van der Waals surface area contributed by atoms with Crippen molar-refractivity contribution in [3.05, 3.63) is 49.1 Å². The summed E-state index contributed by atoms with van der Waals surface area (Å²) < 4.78 is 1.76. The molecule has 1 saturated carbocycles. The molecule has 1 fully saturated rings. The van der Waals surface area contributed by atoms with Crippen LogP contribution in [-0.4, -0.2) is 21.1 Å². The number of fused-ring (bicyclic) bond motifs is 2. The number of rotatable bonds is 3. The van der Waals surface area contributed by atoms with E-state index >= 15 is 0 Å². The zero-order chi connectivity index (χ0) is 18.7. The average Bonchev–Trinajstić information content (AvgIpc) is 3.39. The number of H-pyrrole nitrogens is 1. The monoisotopic (exact) mass is 382 g/mol. The quantitative estimate of drug-likeness (QED) is 0.728. The van der Waals surface area contributed by atoms with Gasteiger partial charge in [-0.3, -0.25) is 19.3 Å². The molecule has 0 amide bonds. The first-order valence-corrected chi connectivity index (χ1v) is 10.4. The number of nitrogens with one attached hydrogen (secondary N) is 1. The Morgan fingerprint density at radius 2 is 2.15 bits per heavy atom. The zero-order valence-corrected chi connectivity index (χ0v) is 16.1. The molecule has 0 spiro atoms. The van der Waals surface area contributed by atoms with Gasteiger partial charge in [0.25, 0.3) is 5.56 Å². The van der Waals surface area contributed by atoms with Crippen LogP contribution < -0.4 is 17.0 Å². The molecule has 1 unspecified atom stereocenters. The first-order chi connectivity index (χ1) is 13.1. The molecule has 2 aliphatic carbocycles. The summed E-state index contributed by atoms with van der Waals surface area (Å²) in [6.07, 6.45) is 6.98. The van der Waals surface area contributed by atoms with E-state index in [0.29, 0.717) is 17.8 Å². The molecule has 7 heteroatoms. The Morgan fingerprint density at radius 3 is 2.89 bits per heavy atom. The molecule has 140 valence electrons. The summed E-state index contributed by atoms with van der Waals surface area (Å²) in [6.45, 7) is 2.64. The van der Waals surface area contributed by atoms with Crippen molar-refractivity contribution >= 4 is 22.2 Å². The van der Waals surface area contributed by atoms with Gasteiger partial charge in [-0.2, -0.15) is 0 Å². The molecule has 0 bridgehead atoms. The molecule has 1 atom stereocenters. The van der Waals surface area contributed by atoms with Gasteiger partial charge >= 0.3 is 5.69 Å². The van der Waals surface area contributed by atoms with E-state index < -0.39 is 0 Å². The molecule has 0 radical (unpaired) electrons. The highest BCUT2D eigenvalue weighted by atomic mass is 32.1. The Balaban J connectivity index is 1.75. The molecule has 27 heavy (non-hydrogen) atoms. The van der Waals surface area contributed by atoms with Gasteiger partial charge in [-0.15, -0.1) is 11.3 Å². The fraction of sp³-hybridized carbons (Fsp3) is 0.450. The molecular formula is C20H22N4O2S. The number of nitrogens with zero attached hydrogens (tertiary/aromatic N) is 2. The van der Waals surface area contributed by atoms with E-state index in [1.54, 1.807) is 22.1 Å². The fourth-order valence-electron chi connectivity index (χ4n) is 4.34. The number of hydrogen-bond acceptors (Lipinski definition) is 5. The normalized spacial score (nSPS) is 19.4. The third-order valence-electron chi connectivity index (χ3n) is 5.88. The maximum atomic E-state index is 12.5. The number of aromatic nitrogens is 3. The number of aromatic amines is 1. The maximum absolute atomic E-state index is 12.5. The van der Waals surface area contributed by atoms with Crippen molar-refractivity contribution < 1.29 is 0 Å². The standard InChI is InChI=1S/C20H22N4O2S/c1-10-17(16-7-13-11(8-21)3-2-4-15(13)27-16)22-9-14-18(10)24(12-5-6-12)20(26)23-19(14)25/h7,9,11-12H,2-6,8,21H2,1H3,(H,23,25,26). The van der Waals surface area contributed by atoms with Gasteiger partial charge in [-0.05, 0) is 63.1 Å². The highest BCUT2D eigenvalue weighted by molar-refractivity contribution is 7.15. The Morgan fingerprint density at radius 1 is 1.33 bits per heavy atom. The minimum Gasteiger partial charge on any atom is -0.330 e. The summed E-state index contributed by atoms with van der Waals surface area (Å²) in [4.78, 5) is 34.3. The number of thiophene rings is 1. The lowest BCUT2D eigenvalue weighted by Gasteiger charge is -2.20. The lowest BCUT2D eigenvalue weighted by Crippen LogP contribution is -2.30. The Kier molecular flexibility index (Phi) is 3.84. The molecule has 3 aromatic rings. The summed E-state index contributed by atoms with van der Waals surface area (Å²) in [5.41, 5.74) is 9.17. The van der Waals surface area contributed by atoms with E-state index in [1.165, 1.54) is 16.9 Å². The lowest BCUT2D eigenvalue weighted by atomic mass is 9.87. The van der Waals surface area contributed by atoms with Crippen LogP contribution in [0.25, 0.3) is 21.5 Å². The van der Waals surface area contributed by atoms with E-state index in [9.17, 15) is 9.59 Å². The third kappa shape index (κ3) is 2.60. The Bertz CT molecular complexity index is 1170. The third-order valence-corrected chi connectivity index (χ3v) is 7.10. The van der Waals surface area contributed by atoms with Crippen LogP contribution in [0, 0.1) is 6.92 Å². The first kappa shape index (κ1) is 16.9. The number of pyridine rings is 1. The largest absolute Gasteiger partial charge is 0.330 e. The molecule has 6 nitrogen and oxygen atoms in total. The van der Waals surface area contributed by atoms with Gasteiger partial charge in [0.1, 0.15) is 0 Å². The molecule has 0 aromatic carbocycles. The zero-order valence-electron chi connectivity index (χ0n) is 15.2. The van der Waals surface area contributed by atoms with Crippen LogP contribution in [0.2, 0.25) is 0 Å². The molecular weight excluding hydrogens is 360 g/mol. The van der Waals surface area contributed by atoms with Gasteiger partial charge in [0.05, 0.1) is 21.5 Å². The highest BCUT2D eigenvalue weighted by Gasteiger charge is 2.29. The van der Waals surface area contributed by atoms with Gasteiger partial charge in [-0.1, -0.05) is 0 Å². The fourth-order valence-corrected chi connectivity index (χ4v) is 5.69. The van der Waals surface area contributed by atoms with Crippen LogP contribution in [0.3, 0.4) is 0 Å². The van der Waals surface area contributed by atoms with Gasteiger partial charge in [0.2, 0.25) is 0 Å². The van der Waals surface area contributed by atoms with Crippen molar-refractivity contribution in [3.8, 4) is 10.6 Å². The topological polar surface area (TPSA) is 93.8 Å². The van der Waals surface area contributed by atoms with Crippen molar-refractivity contribution in [2.24, 2.45) is 5.73 Å². The van der Waals surface area contributed by atoms with Gasteiger partial charge < -0.3 is 5.73 Å². The van der Waals surface area contributed by atoms with E-state index in [0.717, 1.165) is 47.3 Å². The first-order valence-electron chi connectivity index (χ1n) is 9.55. The molecule has 3 aromatic heterocycles. The van der Waals surface area contributed by atoms with E-state index in [4.69, 9.17) is 5.73 Å². The summed E-state index contributed by atoms with van der Waals surface area (Å²) in [5, 5.41) is 0.490. The smallest absolute Gasteiger partial charge is 0.329 e. The van der Waals surface area contributed by atoms with Crippen LogP contribution in [0.4, 0.5) is 0 Å². The van der Waals surface area contributed by atoms with Crippen molar-refractivity contribution in [3.63, 3.8) is 0 Å². The van der Waals surface area contributed by atoms with Crippen molar-refractivity contribution in [1.82, 2.24) is 14.5 Å². The van der Waals surface area contributed by atoms with Gasteiger partial charge in [-0.25, -0.2) is 4.79 Å². The van der Waals surface area contributed by atoms with Crippen LogP contribution >= 0.6 is 11.3 Å². The maximum Gasteiger partial charge on any atom is 0.329 e. The van der Waals surface area contributed by atoms with Crippen molar-refractivity contribution in [1.29, 1.82) is 0 Å². The summed E-state index contributed by atoms with van der Waals surface area (Å²) in [6, 6.07) is 2.41. The van der Waals surface area contributed by atoms with Crippen LogP contribution in [0.1, 0.15) is 53.6 Å². The average molecular weight is 382 g/mol. The second-order valence-corrected chi connectivity index (χ2v) is 8.81. The molecule has 5 rings (SSSR count). The minimum atomic E-state index is -0.359. The molecule has 3 heterocycles. The lowest BCUT2D eigenvalue weighted by molar-refractivity contribution is 0.568. The van der Waals surface area contributed by atoms with Crippen LogP contribution in [0.15, 0.2) is 21.9 Å². The Hall–Kier alpha value is -2.25. The highest BCUT2D eigenvalue weighted by Crippen LogP contribution is 2.42. The SMILES string of the molecule is Cc1c(-c2cc3c(s2)CCCC3CN)ncc2c(=O)[nH]c(=O)n(C3CC3)c12. The number of hydrogen-bond donors (Lipinski definition) is 2. The van der Waals surface area contributed by atoms with E-state index in [-0.39, 0.29) is 17.3 Å². The second-order valence-electron chi connectivity index (χ2n) is 7.67. The Labute approximate surface area is 160 Å². The van der Waals surface area contributed by atoms with Gasteiger partial charge in [0.15, 0.2) is 0 Å². The number of aryl methyl sites for hydroxylation is 2. The van der Waals surface area contributed by atoms with Crippen LogP contribution in [-0.2, 0) is 6.42 Å². The molecule has 0 aliphatic heterocycles. The predicted octanol–water partition coefficient (Wildman–Crippen LogP) is 2.84. The van der Waals surface area contributed by atoms with E-state index in [2.05, 4.69) is 16.0 Å². The minimum absolute atomic E-state index is 0.184. The summed E-state index contributed by atoms with van der Waals surface area (Å²) >= 11 is 1.78. The van der Waals surface area contributed by atoms with Crippen LogP contribution in [0.5, 0.6) is 0 Å².